The first kappa shape index (κ1) is 17.7. The second kappa shape index (κ2) is 7.15. The highest BCUT2D eigenvalue weighted by molar-refractivity contribution is 5.93. The van der Waals surface area contributed by atoms with Crippen LogP contribution in [0.5, 0.6) is 0 Å². The standard InChI is InChI=1S/C21H20F3N3/c22-11-16(12-23)26-9-2-1-6-20(26)21-18(13-25)17-10-14(24)7-8-19(17)27(21)15-4-3-5-15/h1-2,6-8,10,15-16H,3-5,9,11-12H2. The lowest BCUT2D eigenvalue weighted by Gasteiger charge is -2.36. The first-order chi connectivity index (χ1) is 13.2. The molecular formula is C21H20F3N3. The van der Waals surface area contributed by atoms with Crippen molar-refractivity contribution in [3.63, 3.8) is 0 Å². The lowest BCUT2D eigenvalue weighted by atomic mass is 9.92. The molecule has 4 rings (SSSR count). The van der Waals surface area contributed by atoms with Gasteiger partial charge in [0.05, 0.1) is 28.5 Å². The smallest absolute Gasteiger partial charge is 0.124 e. The molecule has 1 aromatic carbocycles. The largest absolute Gasteiger partial charge is 0.358 e. The lowest BCUT2D eigenvalue weighted by molar-refractivity contribution is 0.210. The summed E-state index contributed by atoms with van der Waals surface area (Å²) in [5, 5.41) is 10.4. The van der Waals surface area contributed by atoms with Crippen LogP contribution in [0, 0.1) is 17.1 Å². The van der Waals surface area contributed by atoms with E-state index in [0.29, 0.717) is 28.9 Å². The number of hydrogen-bond donors (Lipinski definition) is 0. The molecule has 0 N–H and O–H groups in total. The quantitative estimate of drug-likeness (QED) is 0.749. The first-order valence-electron chi connectivity index (χ1n) is 9.19. The van der Waals surface area contributed by atoms with E-state index in [1.54, 1.807) is 17.0 Å². The maximum absolute atomic E-state index is 13.9. The van der Waals surface area contributed by atoms with Gasteiger partial charge in [-0.2, -0.15) is 5.26 Å². The summed E-state index contributed by atoms with van der Waals surface area (Å²) in [6.45, 7) is -1.26. The molecule has 0 bridgehead atoms. The zero-order valence-electron chi connectivity index (χ0n) is 14.8. The van der Waals surface area contributed by atoms with E-state index in [1.807, 2.05) is 12.2 Å². The van der Waals surface area contributed by atoms with Crippen molar-refractivity contribution in [1.82, 2.24) is 9.47 Å². The highest BCUT2D eigenvalue weighted by atomic mass is 19.1. The molecule has 0 saturated heterocycles. The third kappa shape index (κ3) is 2.82. The molecule has 1 aliphatic heterocycles. The van der Waals surface area contributed by atoms with Crippen molar-refractivity contribution in [3.05, 3.63) is 53.5 Å². The Morgan fingerprint density at radius 3 is 2.63 bits per heavy atom. The third-order valence-electron chi connectivity index (χ3n) is 5.56. The van der Waals surface area contributed by atoms with Crippen molar-refractivity contribution in [1.29, 1.82) is 5.26 Å². The second-order valence-corrected chi connectivity index (χ2v) is 7.05. The van der Waals surface area contributed by atoms with Gasteiger partial charge < -0.3 is 9.47 Å². The van der Waals surface area contributed by atoms with Gasteiger partial charge in [0, 0.05) is 18.0 Å². The number of rotatable bonds is 5. The minimum atomic E-state index is -0.905. The number of benzene rings is 1. The SMILES string of the molecule is N#Cc1c(C2=CC=CCN2C(CF)CF)n(C2CCC2)c2ccc(F)cc12. The van der Waals surface area contributed by atoms with E-state index in [2.05, 4.69) is 10.6 Å². The molecule has 27 heavy (non-hydrogen) atoms. The molecule has 0 unspecified atom stereocenters. The summed E-state index contributed by atoms with van der Waals surface area (Å²) in [7, 11) is 0. The Hall–Kier alpha value is -2.68. The molecule has 2 aliphatic rings. The number of hydrogen-bond acceptors (Lipinski definition) is 2. The van der Waals surface area contributed by atoms with Gasteiger partial charge in [0.1, 0.15) is 25.2 Å². The van der Waals surface area contributed by atoms with Crippen molar-refractivity contribution in [2.24, 2.45) is 0 Å². The molecule has 2 aromatic rings. The van der Waals surface area contributed by atoms with Gasteiger partial charge >= 0.3 is 0 Å². The normalized spacial score (nSPS) is 17.3. The van der Waals surface area contributed by atoms with Crippen molar-refractivity contribution < 1.29 is 13.2 Å². The first-order valence-corrected chi connectivity index (χ1v) is 9.19. The summed E-state index contributed by atoms with van der Waals surface area (Å²) in [6, 6.07) is 5.97. The molecule has 3 nitrogen and oxygen atoms in total. The zero-order chi connectivity index (χ0) is 19.0. The maximum atomic E-state index is 13.9. The molecule has 1 saturated carbocycles. The molecule has 0 spiro atoms. The predicted octanol–water partition coefficient (Wildman–Crippen LogP) is 4.90. The Kier molecular flexibility index (Phi) is 4.69. The Bertz CT molecular complexity index is 959. The lowest BCUT2D eigenvalue weighted by Crippen LogP contribution is -2.39. The van der Waals surface area contributed by atoms with Gasteiger partial charge in [0.25, 0.3) is 0 Å². The van der Waals surface area contributed by atoms with Crippen molar-refractivity contribution in [2.75, 3.05) is 19.9 Å². The van der Waals surface area contributed by atoms with Crippen molar-refractivity contribution >= 4 is 16.6 Å². The predicted molar refractivity (Wildman–Crippen MR) is 99.1 cm³/mol. The van der Waals surface area contributed by atoms with Crippen LogP contribution in [-0.4, -0.2) is 35.4 Å². The van der Waals surface area contributed by atoms with Crippen molar-refractivity contribution in [3.8, 4) is 6.07 Å². The number of allylic oxidation sites excluding steroid dienone is 2. The molecule has 1 fully saturated rings. The molecule has 140 valence electrons. The van der Waals surface area contributed by atoms with E-state index in [4.69, 9.17) is 0 Å². The van der Waals surface area contributed by atoms with Gasteiger partial charge in [0.15, 0.2) is 0 Å². The van der Waals surface area contributed by atoms with Crippen LogP contribution < -0.4 is 0 Å². The van der Waals surface area contributed by atoms with Crippen LogP contribution >= 0.6 is 0 Å². The van der Waals surface area contributed by atoms with E-state index < -0.39 is 25.2 Å². The van der Waals surface area contributed by atoms with Crippen LogP contribution in [0.2, 0.25) is 0 Å². The minimum Gasteiger partial charge on any atom is -0.358 e. The summed E-state index contributed by atoms with van der Waals surface area (Å²) in [4.78, 5) is 1.67. The fourth-order valence-electron chi connectivity index (χ4n) is 3.97. The summed E-state index contributed by atoms with van der Waals surface area (Å²) < 4.78 is 42.9. The average Bonchev–Trinajstić information content (AvgIpc) is 2.95. The van der Waals surface area contributed by atoms with E-state index in [1.165, 1.54) is 12.1 Å². The third-order valence-corrected chi connectivity index (χ3v) is 5.56. The van der Waals surface area contributed by atoms with Crippen LogP contribution in [0.15, 0.2) is 36.4 Å². The number of halogens is 3. The average molecular weight is 371 g/mol. The van der Waals surface area contributed by atoms with Gasteiger partial charge in [-0.1, -0.05) is 12.2 Å². The van der Waals surface area contributed by atoms with Crippen LogP contribution in [0.25, 0.3) is 16.6 Å². The highest BCUT2D eigenvalue weighted by Crippen LogP contribution is 2.42. The van der Waals surface area contributed by atoms with E-state index in [9.17, 15) is 18.4 Å². The van der Waals surface area contributed by atoms with E-state index in [0.717, 1.165) is 24.8 Å². The topological polar surface area (TPSA) is 32.0 Å². The maximum Gasteiger partial charge on any atom is 0.124 e. The highest BCUT2D eigenvalue weighted by Gasteiger charge is 2.32. The van der Waals surface area contributed by atoms with E-state index in [-0.39, 0.29) is 6.04 Å². The van der Waals surface area contributed by atoms with Gasteiger partial charge in [-0.05, 0) is 43.5 Å². The fraction of sp³-hybridized carbons (Fsp3) is 0.381. The van der Waals surface area contributed by atoms with Gasteiger partial charge in [0.2, 0.25) is 0 Å². The summed E-state index contributed by atoms with van der Waals surface area (Å²) in [5.74, 6) is -0.406. The molecule has 6 heteroatoms. The molecule has 1 aromatic heterocycles. The van der Waals surface area contributed by atoms with Gasteiger partial charge in [-0.15, -0.1) is 0 Å². The van der Waals surface area contributed by atoms with E-state index >= 15 is 0 Å². The van der Waals surface area contributed by atoms with Gasteiger partial charge in [-0.3, -0.25) is 0 Å². The summed E-state index contributed by atoms with van der Waals surface area (Å²) in [6.07, 6.45) is 8.50. The molecule has 1 aliphatic carbocycles. The fourth-order valence-corrected chi connectivity index (χ4v) is 3.97. The Balaban J connectivity index is 1.98. The number of alkyl halides is 2. The second-order valence-electron chi connectivity index (χ2n) is 7.05. The van der Waals surface area contributed by atoms with Crippen LogP contribution in [0.4, 0.5) is 13.2 Å². The zero-order valence-corrected chi connectivity index (χ0v) is 14.8. The Labute approximate surface area is 156 Å². The summed E-state index contributed by atoms with van der Waals surface area (Å²) in [5.41, 5.74) is 2.41. The number of fused-ring (bicyclic) bond motifs is 1. The molecule has 0 radical (unpaired) electrons. The number of aromatic nitrogens is 1. The minimum absolute atomic E-state index is 0.206. The summed E-state index contributed by atoms with van der Waals surface area (Å²) >= 11 is 0. The monoisotopic (exact) mass is 371 g/mol. The molecule has 0 atom stereocenters. The Morgan fingerprint density at radius 2 is 2.00 bits per heavy atom. The van der Waals surface area contributed by atoms with Crippen LogP contribution in [0.3, 0.4) is 0 Å². The number of nitriles is 1. The molecule has 2 heterocycles. The Morgan fingerprint density at radius 1 is 1.22 bits per heavy atom. The molecular weight excluding hydrogens is 351 g/mol. The van der Waals surface area contributed by atoms with Crippen LogP contribution in [-0.2, 0) is 0 Å². The van der Waals surface area contributed by atoms with Gasteiger partial charge in [-0.25, -0.2) is 13.2 Å². The number of nitrogens with zero attached hydrogens (tertiary/aromatic N) is 3. The van der Waals surface area contributed by atoms with Crippen LogP contribution in [0.1, 0.15) is 36.6 Å². The molecule has 0 amide bonds. The van der Waals surface area contributed by atoms with Crippen molar-refractivity contribution in [2.45, 2.75) is 31.3 Å².